The van der Waals surface area contributed by atoms with E-state index in [0.717, 1.165) is 22.0 Å². The molecule has 4 aromatic rings. The molecule has 0 unspecified atom stereocenters. The van der Waals surface area contributed by atoms with Gasteiger partial charge in [-0.15, -0.1) is 0 Å². The van der Waals surface area contributed by atoms with Gasteiger partial charge in [0, 0.05) is 28.9 Å². The third-order valence-electron chi connectivity index (χ3n) is 4.50. The summed E-state index contributed by atoms with van der Waals surface area (Å²) < 4.78 is 1.92. The number of hydrogen-bond donors (Lipinski definition) is 0. The third kappa shape index (κ3) is 3.02. The van der Waals surface area contributed by atoms with Crippen LogP contribution in [0.25, 0.3) is 10.9 Å². The number of rotatable bonds is 4. The van der Waals surface area contributed by atoms with Gasteiger partial charge in [0.2, 0.25) is 5.78 Å². The van der Waals surface area contributed by atoms with Gasteiger partial charge < -0.3 is 4.57 Å². The van der Waals surface area contributed by atoms with Gasteiger partial charge >= 0.3 is 0 Å². The molecule has 0 atom stereocenters. The zero-order valence-electron chi connectivity index (χ0n) is 14.3. The minimum atomic E-state index is -0.000120. The highest BCUT2D eigenvalue weighted by atomic mass is 35.5. The lowest BCUT2D eigenvalue weighted by molar-refractivity contribution is 0.103. The summed E-state index contributed by atoms with van der Waals surface area (Å²) in [5.41, 5.74) is 4.20. The quantitative estimate of drug-likeness (QED) is 0.464. The van der Waals surface area contributed by atoms with Crippen molar-refractivity contribution in [2.24, 2.45) is 0 Å². The number of aromatic nitrogens is 2. The van der Waals surface area contributed by atoms with Gasteiger partial charge in [0.25, 0.3) is 0 Å². The van der Waals surface area contributed by atoms with Crippen molar-refractivity contribution in [2.45, 2.75) is 13.5 Å². The van der Waals surface area contributed by atoms with Gasteiger partial charge in [-0.2, -0.15) is 0 Å². The minimum absolute atomic E-state index is 0.000120. The Morgan fingerprint density at radius 3 is 2.62 bits per heavy atom. The first-order chi connectivity index (χ1) is 12.6. The van der Waals surface area contributed by atoms with E-state index >= 15 is 0 Å². The number of hydrogen-bond acceptors (Lipinski definition) is 2. The molecule has 128 valence electrons. The second-order valence-corrected chi connectivity index (χ2v) is 6.71. The molecule has 4 rings (SSSR count). The van der Waals surface area contributed by atoms with E-state index in [1.165, 1.54) is 0 Å². The molecule has 4 heteroatoms. The number of ketones is 1. The van der Waals surface area contributed by atoms with Crippen LogP contribution in [0.2, 0.25) is 5.02 Å². The molecular formula is C22H17ClN2O. The van der Waals surface area contributed by atoms with E-state index in [1.807, 2.05) is 78.4 Å². The van der Waals surface area contributed by atoms with Crippen molar-refractivity contribution >= 4 is 28.3 Å². The molecular weight excluding hydrogens is 344 g/mol. The minimum Gasteiger partial charge on any atom is -0.340 e. The van der Waals surface area contributed by atoms with Crippen molar-refractivity contribution in [3.8, 4) is 0 Å². The molecule has 0 bridgehead atoms. The Labute approximate surface area is 156 Å². The van der Waals surface area contributed by atoms with Gasteiger partial charge in [0.05, 0.1) is 22.8 Å². The molecule has 2 aromatic heterocycles. The number of nitrogens with zero attached hydrogens (tertiary/aromatic N) is 2. The number of carbonyl (C=O) groups is 1. The number of pyridine rings is 1. The maximum Gasteiger partial charge on any atom is 0.209 e. The molecule has 0 fully saturated rings. The maximum absolute atomic E-state index is 12.9. The van der Waals surface area contributed by atoms with Gasteiger partial charge in [-0.1, -0.05) is 59.6 Å². The fourth-order valence-electron chi connectivity index (χ4n) is 3.05. The summed E-state index contributed by atoms with van der Waals surface area (Å²) in [5, 5.41) is 1.60. The molecule has 0 saturated heterocycles. The Hall–Kier alpha value is -2.91. The largest absolute Gasteiger partial charge is 0.340 e. The summed E-state index contributed by atoms with van der Waals surface area (Å²) >= 11 is 6.59. The number of benzene rings is 2. The lowest BCUT2D eigenvalue weighted by Crippen LogP contribution is -2.11. The molecule has 0 saturated carbocycles. The van der Waals surface area contributed by atoms with Gasteiger partial charge in [-0.05, 0) is 25.1 Å². The fraction of sp³-hybridized carbons (Fsp3) is 0.0909. The van der Waals surface area contributed by atoms with Crippen molar-refractivity contribution in [3.63, 3.8) is 0 Å². The highest BCUT2D eigenvalue weighted by molar-refractivity contribution is 6.36. The van der Waals surface area contributed by atoms with Crippen LogP contribution in [-0.2, 0) is 6.54 Å². The second kappa shape index (κ2) is 6.77. The summed E-state index contributed by atoms with van der Waals surface area (Å²) in [6.07, 6.45) is 3.68. The lowest BCUT2D eigenvalue weighted by Gasteiger charge is -2.11. The van der Waals surface area contributed by atoms with Crippen LogP contribution in [0.4, 0.5) is 0 Å². The predicted molar refractivity (Wildman–Crippen MR) is 105 cm³/mol. The summed E-state index contributed by atoms with van der Waals surface area (Å²) in [7, 11) is 0. The number of carbonyl (C=O) groups excluding carboxylic acids is 1. The smallest absolute Gasteiger partial charge is 0.209 e. The highest BCUT2D eigenvalue weighted by Crippen LogP contribution is 2.26. The molecule has 0 N–H and O–H groups in total. The number of fused-ring (bicyclic) bond motifs is 1. The van der Waals surface area contributed by atoms with Crippen molar-refractivity contribution in [1.29, 1.82) is 0 Å². The maximum atomic E-state index is 12.9. The third-order valence-corrected chi connectivity index (χ3v) is 4.94. The van der Waals surface area contributed by atoms with Crippen LogP contribution in [0.5, 0.6) is 0 Å². The Balaban J connectivity index is 1.69. The average Bonchev–Trinajstić information content (AvgIpc) is 3.12. The van der Waals surface area contributed by atoms with Crippen LogP contribution in [0.1, 0.15) is 27.2 Å². The molecule has 0 amide bonds. The van der Waals surface area contributed by atoms with E-state index in [9.17, 15) is 4.79 Å². The second-order valence-electron chi connectivity index (χ2n) is 6.33. The van der Waals surface area contributed by atoms with Crippen LogP contribution in [-0.4, -0.2) is 15.3 Å². The van der Waals surface area contributed by atoms with E-state index in [-0.39, 0.29) is 5.78 Å². The average molecular weight is 361 g/mol. The van der Waals surface area contributed by atoms with Crippen LogP contribution in [0.15, 0.2) is 73.1 Å². The summed E-state index contributed by atoms with van der Waals surface area (Å²) in [6, 6.07) is 19.1. The van der Waals surface area contributed by atoms with Crippen LogP contribution >= 0.6 is 11.6 Å². The monoisotopic (exact) mass is 360 g/mol. The summed E-state index contributed by atoms with van der Waals surface area (Å²) in [6.45, 7) is 2.50. The first-order valence-electron chi connectivity index (χ1n) is 8.42. The molecule has 2 heterocycles. The van der Waals surface area contributed by atoms with Crippen LogP contribution < -0.4 is 0 Å². The van der Waals surface area contributed by atoms with Gasteiger partial charge in [-0.3, -0.25) is 9.78 Å². The first-order valence-corrected chi connectivity index (χ1v) is 8.80. The molecule has 0 aliphatic rings. The zero-order chi connectivity index (χ0) is 18.1. The van der Waals surface area contributed by atoms with Gasteiger partial charge in [0.1, 0.15) is 0 Å². The Morgan fingerprint density at radius 2 is 1.81 bits per heavy atom. The van der Waals surface area contributed by atoms with Crippen molar-refractivity contribution in [2.75, 3.05) is 0 Å². The molecule has 0 aliphatic heterocycles. The van der Waals surface area contributed by atoms with Crippen molar-refractivity contribution < 1.29 is 4.79 Å². The normalized spacial score (nSPS) is 11.0. The van der Waals surface area contributed by atoms with E-state index in [0.29, 0.717) is 22.8 Å². The highest BCUT2D eigenvalue weighted by Gasteiger charge is 2.15. The molecule has 26 heavy (non-hydrogen) atoms. The van der Waals surface area contributed by atoms with Crippen LogP contribution in [0, 0.1) is 6.92 Å². The van der Waals surface area contributed by atoms with Crippen LogP contribution in [0.3, 0.4) is 0 Å². The standard InChI is InChI=1S/C22H17ClN2O/c1-15-8-10-16(11-9-15)22(26)20-7-4-12-25(20)14-17-13-24-19-6-3-2-5-18(19)21(17)23/h2-13H,14H2,1H3. The van der Waals surface area contributed by atoms with E-state index < -0.39 is 0 Å². The Bertz CT molecular complexity index is 1100. The van der Waals surface area contributed by atoms with E-state index in [4.69, 9.17) is 11.6 Å². The lowest BCUT2D eigenvalue weighted by atomic mass is 10.1. The molecule has 3 nitrogen and oxygen atoms in total. The van der Waals surface area contributed by atoms with Crippen molar-refractivity contribution in [1.82, 2.24) is 9.55 Å². The Morgan fingerprint density at radius 1 is 1.04 bits per heavy atom. The van der Waals surface area contributed by atoms with E-state index in [1.54, 1.807) is 6.20 Å². The molecule has 0 aliphatic carbocycles. The molecule has 0 spiro atoms. The number of halogens is 1. The topological polar surface area (TPSA) is 34.9 Å². The van der Waals surface area contributed by atoms with Gasteiger partial charge in [0.15, 0.2) is 0 Å². The molecule has 2 aromatic carbocycles. The first kappa shape index (κ1) is 16.6. The summed E-state index contributed by atoms with van der Waals surface area (Å²) in [5.74, 6) is -0.000120. The molecule has 0 radical (unpaired) electrons. The van der Waals surface area contributed by atoms with Crippen molar-refractivity contribution in [3.05, 3.63) is 100 Å². The van der Waals surface area contributed by atoms with E-state index in [2.05, 4.69) is 4.98 Å². The summed E-state index contributed by atoms with van der Waals surface area (Å²) in [4.78, 5) is 17.3. The van der Waals surface area contributed by atoms with Gasteiger partial charge in [-0.25, -0.2) is 0 Å². The number of para-hydroxylation sites is 1. The predicted octanol–water partition coefficient (Wildman–Crippen LogP) is 5.28. The Kier molecular flexibility index (Phi) is 4.31. The zero-order valence-corrected chi connectivity index (χ0v) is 15.1. The number of aryl methyl sites for hydroxylation is 1. The fourth-order valence-corrected chi connectivity index (χ4v) is 3.32. The SMILES string of the molecule is Cc1ccc(C(=O)c2cccn2Cc2cnc3ccccc3c2Cl)cc1.